The highest BCUT2D eigenvalue weighted by Gasteiger charge is 2.13. The Morgan fingerprint density at radius 1 is 1.20 bits per heavy atom. The maximum Gasteiger partial charge on any atom is 0.274 e. The van der Waals surface area contributed by atoms with Crippen molar-refractivity contribution in [2.75, 3.05) is 19.4 Å². The summed E-state index contributed by atoms with van der Waals surface area (Å²) in [5.41, 5.74) is 3.87. The number of allylic oxidation sites excluding steroid dienone is 1. The minimum absolute atomic E-state index is 0.0877. The van der Waals surface area contributed by atoms with Crippen molar-refractivity contribution in [1.29, 1.82) is 0 Å². The van der Waals surface area contributed by atoms with E-state index in [0.29, 0.717) is 24.6 Å². The van der Waals surface area contributed by atoms with E-state index in [2.05, 4.69) is 30.2 Å². The number of amides is 2. The summed E-state index contributed by atoms with van der Waals surface area (Å²) >= 11 is 0. The van der Waals surface area contributed by atoms with Crippen molar-refractivity contribution in [1.82, 2.24) is 19.4 Å². The van der Waals surface area contributed by atoms with Crippen molar-refractivity contribution in [3.8, 4) is 0 Å². The molecule has 0 aliphatic rings. The molecule has 2 amide bonds. The smallest absolute Gasteiger partial charge is 0.274 e. The van der Waals surface area contributed by atoms with Crippen LogP contribution in [0.5, 0.6) is 0 Å². The lowest BCUT2D eigenvalue weighted by Gasteiger charge is -2.11. The topological polar surface area (TPSA) is 100 Å². The second-order valence-electron chi connectivity index (χ2n) is 9.45. The highest BCUT2D eigenvalue weighted by atomic mass is 16.2. The molecule has 0 saturated carbocycles. The zero-order chi connectivity index (χ0) is 25.5. The molecule has 3 rings (SSSR count). The molecule has 0 unspecified atom stereocenters. The molecule has 0 atom stereocenters. The van der Waals surface area contributed by atoms with Gasteiger partial charge in [0.25, 0.3) is 5.56 Å². The monoisotopic (exact) mass is 477 g/mol. The first kappa shape index (κ1) is 25.9. The van der Waals surface area contributed by atoms with E-state index < -0.39 is 0 Å². The highest BCUT2D eigenvalue weighted by molar-refractivity contribution is 5.90. The van der Waals surface area contributed by atoms with Crippen molar-refractivity contribution >= 4 is 28.5 Å². The largest absolute Gasteiger partial charge is 0.345 e. The van der Waals surface area contributed by atoms with Crippen LogP contribution in [0.2, 0.25) is 0 Å². The summed E-state index contributed by atoms with van der Waals surface area (Å²) in [5, 5.41) is 2.74. The van der Waals surface area contributed by atoms with Crippen LogP contribution >= 0.6 is 0 Å². The number of anilines is 1. The molecule has 35 heavy (non-hydrogen) atoms. The Kier molecular flexibility index (Phi) is 8.63. The number of unbranched alkanes of at least 4 members (excludes halogenated alkanes) is 1. The second kappa shape index (κ2) is 11.6. The summed E-state index contributed by atoms with van der Waals surface area (Å²) in [6.45, 7) is 6.51. The molecule has 186 valence electrons. The summed E-state index contributed by atoms with van der Waals surface area (Å²) in [6.07, 6.45) is 5.66. The third-order valence-corrected chi connectivity index (χ3v) is 5.73. The molecule has 0 aliphatic carbocycles. The molecule has 8 nitrogen and oxygen atoms in total. The Labute approximate surface area is 206 Å². The third kappa shape index (κ3) is 6.91. The Morgan fingerprint density at radius 2 is 1.97 bits per heavy atom. The van der Waals surface area contributed by atoms with Gasteiger partial charge in [0, 0.05) is 26.2 Å². The van der Waals surface area contributed by atoms with E-state index in [1.54, 1.807) is 30.8 Å². The number of pyridine rings is 1. The van der Waals surface area contributed by atoms with Crippen molar-refractivity contribution in [2.24, 2.45) is 5.92 Å². The standard InChI is InChI=1S/C27H35N5O3/c1-18(2)16-20-10-9-11-21-26(20)30-23(28-21)17-32-19(3)14-15-22(27(32)35)29-24(33)12-7-6-8-13-25(34)31(4)5/h8-11,13-15,18H,6-7,12,16-17H2,1-5H3,(H,28,30)(H,29,33)/b13-8+. The number of hydrogen-bond acceptors (Lipinski definition) is 4. The van der Waals surface area contributed by atoms with E-state index in [9.17, 15) is 14.4 Å². The first-order valence-electron chi connectivity index (χ1n) is 12.0. The number of aromatic amines is 1. The lowest BCUT2D eigenvalue weighted by Crippen LogP contribution is -2.27. The first-order valence-corrected chi connectivity index (χ1v) is 12.0. The predicted octanol–water partition coefficient (Wildman–Crippen LogP) is 4.03. The summed E-state index contributed by atoms with van der Waals surface area (Å²) in [5.74, 6) is 0.903. The number of H-pyrrole nitrogens is 1. The highest BCUT2D eigenvalue weighted by Crippen LogP contribution is 2.20. The molecule has 8 heteroatoms. The number of likely N-dealkylation sites (N-methyl/N-ethyl adjacent to an activating group) is 1. The van der Waals surface area contributed by atoms with E-state index in [1.165, 1.54) is 16.5 Å². The zero-order valence-electron chi connectivity index (χ0n) is 21.2. The maximum absolute atomic E-state index is 13.1. The molecule has 2 N–H and O–H groups in total. The quantitative estimate of drug-likeness (QED) is 0.340. The lowest BCUT2D eigenvalue weighted by atomic mass is 10.0. The van der Waals surface area contributed by atoms with E-state index >= 15 is 0 Å². The van der Waals surface area contributed by atoms with Gasteiger partial charge in [-0.25, -0.2) is 4.98 Å². The summed E-state index contributed by atoms with van der Waals surface area (Å²) in [4.78, 5) is 46.6. The molecule has 0 bridgehead atoms. The molecule has 0 spiro atoms. The van der Waals surface area contributed by atoms with Crippen molar-refractivity contribution in [3.05, 3.63) is 69.9 Å². The fourth-order valence-corrected chi connectivity index (χ4v) is 3.87. The Hall–Kier alpha value is -3.68. The third-order valence-electron chi connectivity index (χ3n) is 5.73. The van der Waals surface area contributed by atoms with Gasteiger partial charge >= 0.3 is 0 Å². The molecule has 0 aliphatic heterocycles. The Bertz CT molecular complexity index is 1280. The minimum atomic E-state index is -0.266. The number of nitrogens with one attached hydrogen (secondary N) is 2. The first-order chi connectivity index (χ1) is 16.7. The number of para-hydroxylation sites is 1. The van der Waals surface area contributed by atoms with E-state index in [0.717, 1.165) is 23.1 Å². The second-order valence-corrected chi connectivity index (χ2v) is 9.45. The van der Waals surface area contributed by atoms with Gasteiger partial charge in [-0.3, -0.25) is 14.4 Å². The maximum atomic E-state index is 13.1. The predicted molar refractivity (Wildman–Crippen MR) is 139 cm³/mol. The number of fused-ring (bicyclic) bond motifs is 1. The molecular weight excluding hydrogens is 442 g/mol. The fourth-order valence-electron chi connectivity index (χ4n) is 3.87. The van der Waals surface area contributed by atoms with Crippen molar-refractivity contribution in [2.45, 2.75) is 53.0 Å². The van der Waals surface area contributed by atoms with Gasteiger partial charge in [0.1, 0.15) is 11.5 Å². The van der Waals surface area contributed by atoms with Crippen LogP contribution < -0.4 is 10.9 Å². The van der Waals surface area contributed by atoms with Crippen LogP contribution in [0.3, 0.4) is 0 Å². The molecule has 0 radical (unpaired) electrons. The van der Waals surface area contributed by atoms with E-state index in [-0.39, 0.29) is 36.0 Å². The number of hydrogen-bond donors (Lipinski definition) is 2. The van der Waals surface area contributed by atoms with Gasteiger partial charge in [0.2, 0.25) is 11.8 Å². The lowest BCUT2D eigenvalue weighted by molar-refractivity contribution is -0.123. The zero-order valence-corrected chi connectivity index (χ0v) is 21.2. The van der Waals surface area contributed by atoms with Gasteiger partial charge in [0.15, 0.2) is 0 Å². The van der Waals surface area contributed by atoms with Gasteiger partial charge in [-0.15, -0.1) is 0 Å². The summed E-state index contributed by atoms with van der Waals surface area (Å²) in [6, 6.07) is 9.54. The van der Waals surface area contributed by atoms with Gasteiger partial charge < -0.3 is 19.8 Å². The van der Waals surface area contributed by atoms with Crippen molar-refractivity contribution < 1.29 is 9.59 Å². The number of rotatable bonds is 10. The number of imidazole rings is 1. The van der Waals surface area contributed by atoms with Crippen LogP contribution in [0.15, 0.2) is 47.3 Å². The van der Waals surface area contributed by atoms with E-state index in [4.69, 9.17) is 4.98 Å². The van der Waals surface area contributed by atoms with Gasteiger partial charge in [-0.2, -0.15) is 0 Å². The van der Waals surface area contributed by atoms with E-state index in [1.807, 2.05) is 25.1 Å². The number of carbonyl (C=O) groups excluding carboxylic acids is 2. The normalized spacial score (nSPS) is 11.5. The van der Waals surface area contributed by atoms with Gasteiger partial charge in [-0.1, -0.05) is 32.1 Å². The van der Waals surface area contributed by atoms with Crippen molar-refractivity contribution in [3.63, 3.8) is 0 Å². The SMILES string of the molecule is Cc1ccc(NC(=O)CCC/C=C/C(=O)N(C)C)c(=O)n1Cc1nc2cccc(CC(C)C)c2[nH]1. The Balaban J connectivity index is 1.69. The van der Waals surface area contributed by atoms with Gasteiger partial charge in [-0.05, 0) is 61.9 Å². The number of aryl methyl sites for hydroxylation is 1. The summed E-state index contributed by atoms with van der Waals surface area (Å²) in [7, 11) is 3.37. The molecule has 1 aromatic carbocycles. The van der Waals surface area contributed by atoms with Crippen LogP contribution in [-0.4, -0.2) is 45.3 Å². The van der Waals surface area contributed by atoms with Crippen LogP contribution in [0.4, 0.5) is 5.69 Å². The number of carbonyl (C=O) groups is 2. The number of aromatic nitrogens is 3. The molecule has 3 aromatic rings. The average molecular weight is 478 g/mol. The minimum Gasteiger partial charge on any atom is -0.345 e. The molecule has 2 heterocycles. The van der Waals surface area contributed by atoms with Crippen LogP contribution in [0, 0.1) is 12.8 Å². The number of benzene rings is 1. The molecule has 2 aromatic heterocycles. The van der Waals surface area contributed by atoms with Gasteiger partial charge in [0.05, 0.1) is 17.6 Å². The Morgan fingerprint density at radius 3 is 2.69 bits per heavy atom. The summed E-state index contributed by atoms with van der Waals surface area (Å²) < 4.78 is 1.62. The average Bonchev–Trinajstić information content (AvgIpc) is 3.21. The molecular formula is C27H35N5O3. The van der Waals surface area contributed by atoms with Crippen LogP contribution in [-0.2, 0) is 22.6 Å². The molecule has 0 saturated heterocycles. The van der Waals surface area contributed by atoms with Crippen LogP contribution in [0.25, 0.3) is 11.0 Å². The number of nitrogens with zero attached hydrogens (tertiary/aromatic N) is 3. The molecule has 0 fully saturated rings. The fraction of sp³-hybridized carbons (Fsp3) is 0.407. The van der Waals surface area contributed by atoms with Crippen LogP contribution in [0.1, 0.15) is 50.2 Å².